The van der Waals surface area contributed by atoms with Gasteiger partial charge in [0.15, 0.2) is 0 Å². The van der Waals surface area contributed by atoms with E-state index in [9.17, 15) is 0 Å². The van der Waals surface area contributed by atoms with E-state index >= 15 is 0 Å². The van der Waals surface area contributed by atoms with Crippen LogP contribution in [0.4, 0.5) is 0 Å². The molecule has 1 aromatic heterocycles. The Bertz CT molecular complexity index is 316. The summed E-state index contributed by atoms with van der Waals surface area (Å²) >= 11 is 0. The van der Waals surface area contributed by atoms with E-state index in [0.717, 1.165) is 45.0 Å². The van der Waals surface area contributed by atoms with Crippen LogP contribution in [0.2, 0.25) is 0 Å². The Hall–Kier alpha value is -0.840. The molecule has 1 saturated heterocycles. The Morgan fingerprint density at radius 3 is 2.75 bits per heavy atom. The van der Waals surface area contributed by atoms with Gasteiger partial charge in [0.2, 0.25) is 0 Å². The minimum atomic E-state index is 0.888. The quantitative estimate of drug-likeness (QED) is 0.816. The molecule has 0 atom stereocenters. The Balaban J connectivity index is 1.90. The first-order valence-electron chi connectivity index (χ1n) is 5.90. The van der Waals surface area contributed by atoms with Gasteiger partial charge in [-0.3, -0.25) is 4.90 Å². The van der Waals surface area contributed by atoms with E-state index in [1.807, 2.05) is 7.05 Å². The molecule has 0 bridgehead atoms. The van der Waals surface area contributed by atoms with Gasteiger partial charge < -0.3 is 14.6 Å². The molecule has 0 aromatic carbocycles. The summed E-state index contributed by atoms with van der Waals surface area (Å²) in [5, 5.41) is 3.17. The summed E-state index contributed by atoms with van der Waals surface area (Å²) in [7, 11) is 4.14. The zero-order valence-electron chi connectivity index (χ0n) is 10.2. The third-order valence-electron chi connectivity index (χ3n) is 3.17. The SMILES string of the molecule is CNCc1ccoc1CN1CCN(C)CC1. The molecule has 2 heterocycles. The predicted molar refractivity (Wildman–Crippen MR) is 64.2 cm³/mol. The molecular weight excluding hydrogens is 202 g/mol. The van der Waals surface area contributed by atoms with Crippen molar-refractivity contribution < 1.29 is 4.42 Å². The van der Waals surface area contributed by atoms with E-state index in [1.54, 1.807) is 6.26 Å². The standard InChI is InChI=1S/C12H21N3O/c1-13-9-11-3-8-16-12(11)10-15-6-4-14(2)5-7-15/h3,8,13H,4-7,9-10H2,1-2H3. The van der Waals surface area contributed by atoms with Gasteiger partial charge in [0, 0.05) is 38.3 Å². The second kappa shape index (κ2) is 5.48. The lowest BCUT2D eigenvalue weighted by Crippen LogP contribution is -2.43. The molecule has 1 aliphatic rings. The highest BCUT2D eigenvalue weighted by atomic mass is 16.3. The summed E-state index contributed by atoms with van der Waals surface area (Å²) in [4.78, 5) is 4.82. The molecule has 1 fully saturated rings. The maximum Gasteiger partial charge on any atom is 0.122 e. The Morgan fingerprint density at radius 1 is 1.31 bits per heavy atom. The highest BCUT2D eigenvalue weighted by molar-refractivity contribution is 5.16. The van der Waals surface area contributed by atoms with Crippen molar-refractivity contribution in [3.8, 4) is 0 Å². The topological polar surface area (TPSA) is 31.7 Å². The van der Waals surface area contributed by atoms with Crippen LogP contribution in [0.25, 0.3) is 0 Å². The molecule has 0 radical (unpaired) electrons. The number of hydrogen-bond acceptors (Lipinski definition) is 4. The Morgan fingerprint density at radius 2 is 2.06 bits per heavy atom. The summed E-state index contributed by atoms with van der Waals surface area (Å²) in [6.45, 7) is 6.41. The molecule has 0 aliphatic carbocycles. The van der Waals surface area contributed by atoms with E-state index in [2.05, 4.69) is 28.2 Å². The molecule has 2 rings (SSSR count). The number of nitrogens with one attached hydrogen (secondary N) is 1. The average Bonchev–Trinajstić information content (AvgIpc) is 2.70. The van der Waals surface area contributed by atoms with Crippen LogP contribution >= 0.6 is 0 Å². The Kier molecular flexibility index (Phi) is 3.98. The van der Waals surface area contributed by atoms with Gasteiger partial charge in [-0.05, 0) is 20.2 Å². The summed E-state index contributed by atoms with van der Waals surface area (Å²) in [6, 6.07) is 2.06. The summed E-state index contributed by atoms with van der Waals surface area (Å²) < 4.78 is 5.55. The molecule has 1 aromatic rings. The molecule has 4 nitrogen and oxygen atoms in total. The lowest BCUT2D eigenvalue weighted by molar-refractivity contribution is 0.140. The number of furan rings is 1. The van der Waals surface area contributed by atoms with E-state index in [0.29, 0.717) is 0 Å². The summed E-state index contributed by atoms with van der Waals surface area (Å²) in [6.07, 6.45) is 1.79. The van der Waals surface area contributed by atoms with Gasteiger partial charge in [0.25, 0.3) is 0 Å². The van der Waals surface area contributed by atoms with Crippen LogP contribution in [0.3, 0.4) is 0 Å². The van der Waals surface area contributed by atoms with Crippen molar-refractivity contribution in [2.75, 3.05) is 40.3 Å². The van der Waals surface area contributed by atoms with Crippen molar-refractivity contribution in [1.82, 2.24) is 15.1 Å². The maximum atomic E-state index is 5.55. The van der Waals surface area contributed by atoms with Crippen molar-refractivity contribution in [3.63, 3.8) is 0 Å². The molecule has 0 unspecified atom stereocenters. The van der Waals surface area contributed by atoms with Crippen LogP contribution in [0, 0.1) is 0 Å². The van der Waals surface area contributed by atoms with Gasteiger partial charge in [0.1, 0.15) is 5.76 Å². The first-order chi connectivity index (χ1) is 7.79. The van der Waals surface area contributed by atoms with Gasteiger partial charge in [-0.1, -0.05) is 0 Å². The molecule has 16 heavy (non-hydrogen) atoms. The normalized spacial score (nSPS) is 19.1. The van der Waals surface area contributed by atoms with Crippen molar-refractivity contribution in [2.24, 2.45) is 0 Å². The number of rotatable bonds is 4. The molecule has 1 N–H and O–H groups in total. The monoisotopic (exact) mass is 223 g/mol. The van der Waals surface area contributed by atoms with Gasteiger partial charge in [-0.15, -0.1) is 0 Å². The lowest BCUT2D eigenvalue weighted by Gasteiger charge is -2.31. The fourth-order valence-electron chi connectivity index (χ4n) is 2.06. The van der Waals surface area contributed by atoms with Crippen LogP contribution in [-0.4, -0.2) is 50.1 Å². The van der Waals surface area contributed by atoms with Crippen molar-refractivity contribution >= 4 is 0 Å². The van der Waals surface area contributed by atoms with Crippen LogP contribution < -0.4 is 5.32 Å². The van der Waals surface area contributed by atoms with Gasteiger partial charge >= 0.3 is 0 Å². The van der Waals surface area contributed by atoms with Crippen LogP contribution in [0.5, 0.6) is 0 Å². The third-order valence-corrected chi connectivity index (χ3v) is 3.17. The maximum absolute atomic E-state index is 5.55. The van der Waals surface area contributed by atoms with Crippen LogP contribution in [0.15, 0.2) is 16.7 Å². The van der Waals surface area contributed by atoms with Crippen LogP contribution in [-0.2, 0) is 13.1 Å². The van der Waals surface area contributed by atoms with Crippen LogP contribution in [0.1, 0.15) is 11.3 Å². The number of piperazine rings is 1. The second-order valence-corrected chi connectivity index (χ2v) is 4.48. The minimum absolute atomic E-state index is 0.888. The summed E-state index contributed by atoms with van der Waals surface area (Å²) in [5.74, 6) is 1.11. The molecule has 4 heteroatoms. The highest BCUT2D eigenvalue weighted by Gasteiger charge is 2.16. The molecular formula is C12H21N3O. The zero-order chi connectivity index (χ0) is 11.4. The largest absolute Gasteiger partial charge is 0.468 e. The van der Waals surface area contributed by atoms with Gasteiger partial charge in [-0.25, -0.2) is 0 Å². The minimum Gasteiger partial charge on any atom is -0.468 e. The van der Waals surface area contributed by atoms with E-state index < -0.39 is 0 Å². The molecule has 0 amide bonds. The number of hydrogen-bond donors (Lipinski definition) is 1. The molecule has 90 valence electrons. The van der Waals surface area contributed by atoms with E-state index in [1.165, 1.54) is 5.56 Å². The predicted octanol–water partition coefficient (Wildman–Crippen LogP) is 0.746. The molecule has 0 saturated carbocycles. The van der Waals surface area contributed by atoms with Gasteiger partial charge in [0.05, 0.1) is 12.8 Å². The smallest absolute Gasteiger partial charge is 0.122 e. The van der Waals surface area contributed by atoms with Gasteiger partial charge in [-0.2, -0.15) is 0 Å². The Labute approximate surface area is 97.2 Å². The van der Waals surface area contributed by atoms with E-state index in [4.69, 9.17) is 4.42 Å². The first-order valence-corrected chi connectivity index (χ1v) is 5.90. The third kappa shape index (κ3) is 2.84. The lowest BCUT2D eigenvalue weighted by atomic mass is 10.2. The first kappa shape index (κ1) is 11.6. The molecule has 0 spiro atoms. The fourth-order valence-corrected chi connectivity index (χ4v) is 2.06. The fraction of sp³-hybridized carbons (Fsp3) is 0.667. The number of likely N-dealkylation sites (N-methyl/N-ethyl adjacent to an activating group) is 1. The second-order valence-electron chi connectivity index (χ2n) is 4.48. The van der Waals surface area contributed by atoms with Crippen molar-refractivity contribution in [2.45, 2.75) is 13.1 Å². The van der Waals surface area contributed by atoms with Crippen molar-refractivity contribution in [1.29, 1.82) is 0 Å². The zero-order valence-corrected chi connectivity index (χ0v) is 10.2. The highest BCUT2D eigenvalue weighted by Crippen LogP contribution is 2.14. The van der Waals surface area contributed by atoms with Crippen molar-refractivity contribution in [3.05, 3.63) is 23.7 Å². The van der Waals surface area contributed by atoms with E-state index in [-0.39, 0.29) is 0 Å². The summed E-state index contributed by atoms with van der Waals surface area (Å²) in [5.41, 5.74) is 1.28. The number of nitrogens with zero attached hydrogens (tertiary/aromatic N) is 2. The average molecular weight is 223 g/mol. The molecule has 1 aliphatic heterocycles.